The summed E-state index contributed by atoms with van der Waals surface area (Å²) in [5, 5.41) is 4.85. The molecule has 0 aliphatic heterocycles. The third-order valence-electron chi connectivity index (χ3n) is 8.05. The number of aromatic amines is 2. The Labute approximate surface area is 334 Å². The number of ether oxygens (including phenoxy) is 2. The van der Waals surface area contributed by atoms with Gasteiger partial charge in [-0.2, -0.15) is 0 Å². The topological polar surface area (TPSA) is 201 Å². The maximum Gasteiger partial charge on any atom is 0.407 e. The number of benzene rings is 2. The van der Waals surface area contributed by atoms with E-state index in [0.717, 1.165) is 40.8 Å². The van der Waals surface area contributed by atoms with E-state index in [4.69, 9.17) is 4.42 Å². The smallest absolute Gasteiger partial charge is 0.407 e. The number of hydrogen-bond donors (Lipinski definition) is 4. The Balaban J connectivity index is 0.00000136. The lowest BCUT2D eigenvalue weighted by Crippen LogP contribution is -2.40. The van der Waals surface area contributed by atoms with Crippen LogP contribution in [0.15, 0.2) is 59.6 Å². The van der Waals surface area contributed by atoms with Gasteiger partial charge in [0.2, 0.25) is 11.8 Å². The maximum absolute atomic E-state index is 12.7. The monoisotopic (exact) mass is 787 g/mol. The minimum atomic E-state index is -0.670. The highest BCUT2D eigenvalue weighted by molar-refractivity contribution is 5.99. The molecule has 5 rings (SSSR count). The lowest BCUT2D eigenvalue weighted by atomic mass is 9.99. The van der Waals surface area contributed by atoms with Crippen LogP contribution in [0.25, 0.3) is 44.7 Å². The van der Waals surface area contributed by atoms with Crippen molar-refractivity contribution in [3.63, 3.8) is 0 Å². The van der Waals surface area contributed by atoms with Crippen LogP contribution in [0, 0.1) is 0 Å². The number of imidazole rings is 2. The summed E-state index contributed by atoms with van der Waals surface area (Å²) in [6.45, 7) is 13.6. The van der Waals surface area contributed by atoms with E-state index in [9.17, 15) is 19.2 Å². The zero-order valence-corrected chi connectivity index (χ0v) is 34.4. The Morgan fingerprint density at radius 3 is 1.60 bits per heavy atom. The third-order valence-corrected chi connectivity index (χ3v) is 8.05. The van der Waals surface area contributed by atoms with Gasteiger partial charge in [0.05, 0.1) is 51.1 Å². The first-order valence-corrected chi connectivity index (χ1v) is 19.3. The van der Waals surface area contributed by atoms with Crippen molar-refractivity contribution < 1.29 is 33.1 Å². The number of nitrogens with one attached hydrogen (secondary N) is 4. The van der Waals surface area contributed by atoms with Crippen LogP contribution in [0.5, 0.6) is 0 Å². The number of carbonyl (C=O) groups is 4. The number of alkyl carbamates (subject to hydrolysis) is 2. The predicted octanol–water partition coefficient (Wildman–Crippen LogP) is 7.30. The van der Waals surface area contributed by atoms with Crippen LogP contribution in [0.4, 0.5) is 9.59 Å². The van der Waals surface area contributed by atoms with Gasteiger partial charge < -0.3 is 44.3 Å². The number of nitrogens with zero attached hydrogens (tertiary/aromatic N) is 5. The van der Waals surface area contributed by atoms with E-state index in [1.54, 1.807) is 22.2 Å². The second-order valence-electron chi connectivity index (χ2n) is 13.0. The Kier molecular flexibility index (Phi) is 18.8. The van der Waals surface area contributed by atoms with Crippen molar-refractivity contribution in [1.82, 2.24) is 45.4 Å². The summed E-state index contributed by atoms with van der Waals surface area (Å²) in [7, 11) is 2.49. The molecule has 0 bridgehead atoms. The van der Waals surface area contributed by atoms with Gasteiger partial charge in [0, 0.05) is 24.2 Å². The lowest BCUT2D eigenvalue weighted by molar-refractivity contribution is -0.131. The van der Waals surface area contributed by atoms with Gasteiger partial charge in [-0.15, -0.1) is 0 Å². The molecule has 0 saturated carbocycles. The van der Waals surface area contributed by atoms with Crippen molar-refractivity contribution in [1.29, 1.82) is 0 Å². The molecule has 57 heavy (non-hydrogen) atoms. The summed E-state index contributed by atoms with van der Waals surface area (Å²) in [5.41, 5.74) is 6.26. The van der Waals surface area contributed by atoms with E-state index in [0.29, 0.717) is 41.5 Å². The fourth-order valence-corrected chi connectivity index (χ4v) is 5.54. The number of amides is 4. The Hall–Kier alpha value is -6.19. The first-order valence-electron chi connectivity index (χ1n) is 19.3. The van der Waals surface area contributed by atoms with E-state index >= 15 is 0 Å². The molecule has 308 valence electrons. The average molecular weight is 788 g/mol. The van der Waals surface area contributed by atoms with Gasteiger partial charge in [-0.1, -0.05) is 84.7 Å². The molecular formula is C41H57N9O7. The summed E-state index contributed by atoms with van der Waals surface area (Å²) in [5.74, 6) is 0.716. The van der Waals surface area contributed by atoms with Crippen molar-refractivity contribution in [3.05, 3.63) is 66.8 Å². The third kappa shape index (κ3) is 13.2. The number of H-pyrrole nitrogens is 2. The number of carbonyl (C=O) groups excluding carboxylic acids is 4. The number of rotatable bonds is 15. The van der Waals surface area contributed by atoms with E-state index in [2.05, 4.69) is 72.7 Å². The normalized spacial score (nSPS) is 10.4. The fraction of sp³-hybridized carbons (Fsp3) is 0.439. The molecule has 0 radical (unpaired) electrons. The maximum atomic E-state index is 12.7. The second kappa shape index (κ2) is 23.7. The molecule has 0 aliphatic carbocycles. The predicted molar refractivity (Wildman–Crippen MR) is 219 cm³/mol. The molecule has 0 spiro atoms. The number of hydrogen-bond acceptors (Lipinski definition) is 10. The Morgan fingerprint density at radius 2 is 1.11 bits per heavy atom. The van der Waals surface area contributed by atoms with Crippen LogP contribution >= 0.6 is 0 Å². The molecule has 4 amide bonds. The Morgan fingerprint density at radius 1 is 0.649 bits per heavy atom. The van der Waals surface area contributed by atoms with Gasteiger partial charge in [-0.25, -0.2) is 24.5 Å². The first-order chi connectivity index (χ1) is 27.6. The van der Waals surface area contributed by atoms with Gasteiger partial charge in [0.15, 0.2) is 12.0 Å². The molecular weight excluding hydrogens is 731 g/mol. The first kappa shape index (κ1) is 45.2. The van der Waals surface area contributed by atoms with Gasteiger partial charge in [0.25, 0.3) is 0 Å². The molecule has 16 nitrogen and oxygen atoms in total. The highest BCUT2D eigenvalue weighted by atomic mass is 16.5. The lowest BCUT2D eigenvalue weighted by Gasteiger charge is -2.21. The highest BCUT2D eigenvalue weighted by Crippen LogP contribution is 2.35. The zero-order chi connectivity index (χ0) is 41.7. The molecule has 16 heteroatoms. The summed E-state index contributed by atoms with van der Waals surface area (Å²) in [6.07, 6.45) is 7.48. The molecule has 0 atom stereocenters. The molecule has 0 fully saturated rings. The molecule has 3 aromatic heterocycles. The van der Waals surface area contributed by atoms with Crippen LogP contribution in [0.2, 0.25) is 0 Å². The van der Waals surface area contributed by atoms with Gasteiger partial charge in [-0.05, 0) is 30.0 Å². The SMILES string of the molecule is CCC.CCC.CCCN(Cc1ncc(-c2ccc(-c3ccc(-c4cnc(CN(CCC)C(=O)CNC(=O)OC)[nH]4)c4ocnc34)cc2)[nH]1)C(=O)CNC(=O)OC. The van der Waals surface area contributed by atoms with E-state index in [1.165, 1.54) is 33.5 Å². The second-order valence-corrected chi connectivity index (χ2v) is 13.0. The molecule has 0 unspecified atom stereocenters. The number of oxazole rings is 1. The van der Waals surface area contributed by atoms with Crippen molar-refractivity contribution in [2.24, 2.45) is 0 Å². The van der Waals surface area contributed by atoms with Crippen LogP contribution < -0.4 is 10.6 Å². The standard InChI is InChI=1S/C35H41N9O7.2C3H8/c1-5-13-43(30(45)17-38-34(47)49-3)19-28-36-15-26(41-28)23-9-7-22(8-10-23)24-11-12-25(33-32(24)40-21-51-33)27-16-37-29(42-27)20-44(14-6-2)31(46)18-39-35(48)50-4;2*1-3-2/h7-12,15-16,21H,5-6,13-14,17-20H2,1-4H3,(H,36,41)(H,37,42)(H,38,47)(H,39,48);2*3H2,1-2H3. The van der Waals surface area contributed by atoms with Crippen LogP contribution in [0.1, 0.15) is 78.9 Å². The summed E-state index contributed by atoms with van der Waals surface area (Å²) >= 11 is 0. The minimum Gasteiger partial charge on any atom is -0.453 e. The van der Waals surface area contributed by atoms with Crippen molar-refractivity contribution in [3.8, 4) is 33.6 Å². The highest BCUT2D eigenvalue weighted by Gasteiger charge is 2.20. The quantitative estimate of drug-likeness (QED) is 0.0835. The number of aromatic nitrogens is 5. The summed E-state index contributed by atoms with van der Waals surface area (Å²) < 4.78 is 15.0. The van der Waals surface area contributed by atoms with E-state index in [-0.39, 0.29) is 38.0 Å². The molecule has 5 aromatic rings. The van der Waals surface area contributed by atoms with Crippen LogP contribution in [0.3, 0.4) is 0 Å². The molecule has 2 aromatic carbocycles. The molecule has 0 aliphatic rings. The van der Waals surface area contributed by atoms with Crippen molar-refractivity contribution in [2.45, 2.75) is 80.3 Å². The number of fused-ring (bicyclic) bond motifs is 1. The largest absolute Gasteiger partial charge is 0.453 e. The minimum absolute atomic E-state index is 0.163. The summed E-state index contributed by atoms with van der Waals surface area (Å²) in [6, 6.07) is 11.9. The average Bonchev–Trinajstić information content (AvgIpc) is 4.01. The van der Waals surface area contributed by atoms with Crippen molar-refractivity contribution >= 4 is 35.1 Å². The van der Waals surface area contributed by atoms with Crippen molar-refractivity contribution in [2.75, 3.05) is 40.4 Å². The van der Waals surface area contributed by atoms with E-state index < -0.39 is 12.2 Å². The van der Waals surface area contributed by atoms with E-state index in [1.807, 2.05) is 50.2 Å². The molecule has 0 saturated heterocycles. The number of methoxy groups -OCH3 is 2. The molecule has 4 N–H and O–H groups in total. The molecule has 3 heterocycles. The summed E-state index contributed by atoms with van der Waals surface area (Å²) in [4.78, 5) is 71.6. The van der Waals surface area contributed by atoms with Gasteiger partial charge >= 0.3 is 12.2 Å². The van der Waals surface area contributed by atoms with Crippen LogP contribution in [-0.2, 0) is 32.2 Å². The van der Waals surface area contributed by atoms with Gasteiger partial charge in [0.1, 0.15) is 30.3 Å². The Bertz CT molecular complexity index is 2000. The van der Waals surface area contributed by atoms with Gasteiger partial charge in [-0.3, -0.25) is 9.59 Å². The fourth-order valence-electron chi connectivity index (χ4n) is 5.54. The zero-order valence-electron chi connectivity index (χ0n) is 34.4. The van der Waals surface area contributed by atoms with Crippen LogP contribution in [-0.4, -0.2) is 99.1 Å².